The number of para-hydroxylation sites is 1. The van der Waals surface area contributed by atoms with Crippen molar-refractivity contribution in [3.63, 3.8) is 0 Å². The summed E-state index contributed by atoms with van der Waals surface area (Å²) in [5.41, 5.74) is 7.56. The fourth-order valence-corrected chi connectivity index (χ4v) is 11.1. The van der Waals surface area contributed by atoms with E-state index in [0.29, 0.717) is 17.5 Å². The molecule has 0 bridgehead atoms. The lowest BCUT2D eigenvalue weighted by Crippen LogP contribution is -2.02. The van der Waals surface area contributed by atoms with Gasteiger partial charge >= 0.3 is 0 Å². The van der Waals surface area contributed by atoms with Crippen LogP contribution < -0.4 is 0 Å². The molecule has 0 saturated heterocycles. The van der Waals surface area contributed by atoms with E-state index in [-0.39, 0.29) is 0 Å². The molecule has 4 aromatic heterocycles. The summed E-state index contributed by atoms with van der Waals surface area (Å²) in [6.07, 6.45) is 0. The largest absolute Gasteiger partial charge is 0.454 e. The topological polar surface area (TPSA) is 56.7 Å². The van der Waals surface area contributed by atoms with E-state index >= 15 is 0 Å². The normalized spacial score (nSPS) is 12.1. The molecule has 4 heterocycles. The molecule has 10 aromatic carbocycles. The van der Waals surface area contributed by atoms with Crippen molar-refractivity contribution in [2.45, 2.75) is 0 Å². The maximum absolute atomic E-state index is 6.91. The van der Waals surface area contributed by atoms with E-state index in [1.807, 2.05) is 6.07 Å². The average molecular weight is 821 g/mol. The number of benzene rings is 10. The van der Waals surface area contributed by atoms with Crippen LogP contribution in [0.1, 0.15) is 0 Å². The molecule has 0 N–H and O–H groups in total. The van der Waals surface area contributed by atoms with Crippen molar-refractivity contribution in [1.82, 2.24) is 19.5 Å². The van der Waals surface area contributed by atoms with Gasteiger partial charge in [0.25, 0.3) is 0 Å². The van der Waals surface area contributed by atoms with Crippen LogP contribution in [0.25, 0.3) is 136 Å². The lowest BCUT2D eigenvalue weighted by Gasteiger charge is -2.14. The highest BCUT2D eigenvalue weighted by atomic mass is 32.1. The Morgan fingerprint density at radius 3 is 1.87 bits per heavy atom. The summed E-state index contributed by atoms with van der Waals surface area (Å²) in [7, 11) is 0. The highest BCUT2D eigenvalue weighted by Gasteiger charge is 2.24. The smallest absolute Gasteiger partial charge is 0.165 e. The van der Waals surface area contributed by atoms with Gasteiger partial charge in [-0.1, -0.05) is 146 Å². The Morgan fingerprint density at radius 1 is 0.397 bits per heavy atom. The van der Waals surface area contributed by atoms with Gasteiger partial charge in [0.05, 0.1) is 16.7 Å². The zero-order valence-corrected chi connectivity index (χ0v) is 34.4. The molecular weight excluding hydrogens is 789 g/mol. The van der Waals surface area contributed by atoms with Crippen molar-refractivity contribution in [3.8, 4) is 39.9 Å². The van der Waals surface area contributed by atoms with Gasteiger partial charge in [-0.25, -0.2) is 15.0 Å². The molecule has 0 aliphatic rings. The van der Waals surface area contributed by atoms with Crippen LogP contribution in [0, 0.1) is 0 Å². The third-order valence-electron chi connectivity index (χ3n) is 12.8. The summed E-state index contributed by atoms with van der Waals surface area (Å²) in [6.45, 7) is 0. The number of rotatable bonds is 4. The minimum absolute atomic E-state index is 0.589. The van der Waals surface area contributed by atoms with Gasteiger partial charge in [0.2, 0.25) is 0 Å². The third kappa shape index (κ3) is 5.13. The number of fused-ring (bicyclic) bond motifs is 13. The van der Waals surface area contributed by atoms with E-state index in [2.05, 4.69) is 193 Å². The van der Waals surface area contributed by atoms with Crippen LogP contribution in [0.4, 0.5) is 0 Å². The maximum Gasteiger partial charge on any atom is 0.165 e. The van der Waals surface area contributed by atoms with Crippen molar-refractivity contribution in [2.24, 2.45) is 0 Å². The molecule has 0 unspecified atom stereocenters. The molecule has 14 rings (SSSR count). The van der Waals surface area contributed by atoms with Gasteiger partial charge in [-0.15, -0.1) is 11.3 Å². The molecule has 0 saturated carbocycles. The molecule has 63 heavy (non-hydrogen) atoms. The summed E-state index contributed by atoms with van der Waals surface area (Å²) in [6, 6.07) is 69.1. The van der Waals surface area contributed by atoms with Gasteiger partial charge in [-0.3, -0.25) is 0 Å². The second-order valence-corrected chi connectivity index (χ2v) is 17.4. The van der Waals surface area contributed by atoms with E-state index in [1.54, 1.807) is 11.3 Å². The Kier molecular flexibility index (Phi) is 7.21. The molecule has 0 aliphatic heterocycles. The first kappa shape index (κ1) is 34.5. The lowest BCUT2D eigenvalue weighted by molar-refractivity contribution is 0.666. The zero-order chi connectivity index (χ0) is 41.2. The number of aromatic nitrogens is 4. The number of thiophene rings is 1. The van der Waals surface area contributed by atoms with Crippen LogP contribution in [0.5, 0.6) is 0 Å². The predicted molar refractivity (Wildman–Crippen MR) is 263 cm³/mol. The molecule has 0 amide bonds. The van der Waals surface area contributed by atoms with E-state index < -0.39 is 0 Å². The van der Waals surface area contributed by atoms with Crippen LogP contribution in [-0.2, 0) is 0 Å². The first-order valence-corrected chi connectivity index (χ1v) is 22.0. The van der Waals surface area contributed by atoms with Gasteiger partial charge in [0.15, 0.2) is 23.1 Å². The number of hydrogen-bond acceptors (Lipinski definition) is 5. The third-order valence-corrected chi connectivity index (χ3v) is 14.0. The molecule has 0 fully saturated rings. The fourth-order valence-electron chi connectivity index (χ4n) is 9.93. The van der Waals surface area contributed by atoms with Crippen molar-refractivity contribution >= 4 is 108 Å². The molecule has 14 aromatic rings. The van der Waals surface area contributed by atoms with Crippen LogP contribution in [0.3, 0.4) is 0 Å². The number of nitrogens with zero attached hydrogens (tertiary/aromatic N) is 4. The zero-order valence-electron chi connectivity index (χ0n) is 33.6. The highest BCUT2D eigenvalue weighted by Crippen LogP contribution is 2.44. The Labute approximate surface area is 363 Å². The van der Waals surface area contributed by atoms with E-state index in [1.165, 1.54) is 47.8 Å². The molecule has 6 heteroatoms. The molecule has 0 atom stereocenters. The molecule has 0 spiro atoms. The van der Waals surface area contributed by atoms with Crippen molar-refractivity contribution in [2.75, 3.05) is 0 Å². The van der Waals surface area contributed by atoms with E-state index in [9.17, 15) is 0 Å². The predicted octanol–water partition coefficient (Wildman–Crippen LogP) is 15.7. The molecule has 0 aliphatic carbocycles. The lowest BCUT2D eigenvalue weighted by atomic mass is 10.0. The van der Waals surface area contributed by atoms with Gasteiger partial charge in [0.1, 0.15) is 5.58 Å². The Hall–Kier alpha value is -8.19. The van der Waals surface area contributed by atoms with E-state index in [0.717, 1.165) is 70.8 Å². The standard InChI is InChI=1S/C57H32N4OS/c1-2-16-36-31-48-46(29-35(36)15-1)52-39-19-6-4-14-34(39)27-28-47(52)61(48)49-32-37(30-45-40-20-7-9-25-50(40)62-53(45)49)55-58-56(43-23-11-17-33-13-3-5-18-38(33)43)60-57(59-55)44-24-12-22-42-41-21-8-10-26-51(41)63-54(42)44/h1-32H. The fraction of sp³-hybridized carbons (Fsp3) is 0. The summed E-state index contributed by atoms with van der Waals surface area (Å²) in [5, 5.41) is 13.9. The SMILES string of the molecule is c1ccc2cc3c(cc2c1)c1c2ccccc2ccc1n3-c1cc(-c2nc(-c3cccc4ccccc34)nc(-c3cccc4c3sc3ccccc34)n2)cc2c1oc1ccccc12. The van der Waals surface area contributed by atoms with Crippen molar-refractivity contribution in [3.05, 3.63) is 194 Å². The van der Waals surface area contributed by atoms with Crippen molar-refractivity contribution in [1.29, 1.82) is 0 Å². The second kappa shape index (κ2) is 13.2. The van der Waals surface area contributed by atoms with Crippen LogP contribution in [-0.4, -0.2) is 19.5 Å². The quantitative estimate of drug-likeness (QED) is 0.177. The number of hydrogen-bond donors (Lipinski definition) is 0. The van der Waals surface area contributed by atoms with E-state index in [4.69, 9.17) is 19.4 Å². The van der Waals surface area contributed by atoms with Crippen molar-refractivity contribution < 1.29 is 4.42 Å². The molecule has 292 valence electrons. The minimum atomic E-state index is 0.589. The maximum atomic E-state index is 6.91. The van der Waals surface area contributed by atoms with Gasteiger partial charge in [0, 0.05) is 58.4 Å². The van der Waals surface area contributed by atoms with Gasteiger partial charge in [-0.2, -0.15) is 0 Å². The Bertz CT molecular complexity index is 4230. The monoisotopic (exact) mass is 820 g/mol. The molecule has 0 radical (unpaired) electrons. The first-order valence-electron chi connectivity index (χ1n) is 21.2. The number of furan rings is 1. The highest BCUT2D eigenvalue weighted by molar-refractivity contribution is 7.26. The summed E-state index contributed by atoms with van der Waals surface area (Å²) < 4.78 is 11.7. The second-order valence-electron chi connectivity index (χ2n) is 16.3. The summed E-state index contributed by atoms with van der Waals surface area (Å²) >= 11 is 1.78. The first-order chi connectivity index (χ1) is 31.2. The van der Waals surface area contributed by atoms with Crippen LogP contribution in [0.15, 0.2) is 199 Å². The average Bonchev–Trinajstić information content (AvgIpc) is 4.02. The summed E-state index contributed by atoms with van der Waals surface area (Å²) in [5.74, 6) is 1.85. The van der Waals surface area contributed by atoms with Crippen LogP contribution >= 0.6 is 11.3 Å². The van der Waals surface area contributed by atoms with Gasteiger partial charge < -0.3 is 8.98 Å². The Balaban J connectivity index is 1.11. The minimum Gasteiger partial charge on any atom is -0.454 e. The molecule has 5 nitrogen and oxygen atoms in total. The van der Waals surface area contributed by atoms with Gasteiger partial charge in [-0.05, 0) is 80.8 Å². The van der Waals surface area contributed by atoms with Crippen LogP contribution in [0.2, 0.25) is 0 Å². The molecular formula is C57H32N4OS. The summed E-state index contributed by atoms with van der Waals surface area (Å²) in [4.78, 5) is 16.2. The Morgan fingerprint density at radius 2 is 1.02 bits per heavy atom.